The second-order valence-electron chi connectivity index (χ2n) is 4.56. The highest BCUT2D eigenvalue weighted by molar-refractivity contribution is 4.67. The Bertz CT molecular complexity index is 144. The molecule has 0 bridgehead atoms. The highest BCUT2D eigenvalue weighted by atomic mass is 16.6. The molecule has 1 rings (SSSR count). The molecule has 13 heavy (non-hydrogen) atoms. The number of hydrogen-bond donors (Lipinski definition) is 1. The third-order valence-electron chi connectivity index (χ3n) is 2.65. The summed E-state index contributed by atoms with van der Waals surface area (Å²) in [6, 6.07) is 0. The standard InChI is InChI=1S/C10H22NO2/c1-11(2,7-8-12)6-4-3-5-10-9-13-10/h10,12H,3-9H2,1-2H3/q+1. The van der Waals surface area contributed by atoms with Gasteiger partial charge in [0.05, 0.1) is 40.0 Å². The van der Waals surface area contributed by atoms with Gasteiger partial charge in [-0.3, -0.25) is 0 Å². The fourth-order valence-corrected chi connectivity index (χ4v) is 1.53. The van der Waals surface area contributed by atoms with Crippen molar-refractivity contribution >= 4 is 0 Å². The number of epoxide rings is 1. The van der Waals surface area contributed by atoms with E-state index in [2.05, 4.69) is 14.1 Å². The van der Waals surface area contributed by atoms with Crippen LogP contribution in [-0.2, 0) is 4.74 Å². The summed E-state index contributed by atoms with van der Waals surface area (Å²) < 4.78 is 6.08. The summed E-state index contributed by atoms with van der Waals surface area (Å²) in [7, 11) is 4.34. The number of quaternary nitrogens is 1. The van der Waals surface area contributed by atoms with Crippen molar-refractivity contribution in [3.05, 3.63) is 0 Å². The van der Waals surface area contributed by atoms with Crippen LogP contribution in [0.4, 0.5) is 0 Å². The summed E-state index contributed by atoms with van der Waals surface area (Å²) in [6.07, 6.45) is 4.30. The Hall–Kier alpha value is -0.120. The van der Waals surface area contributed by atoms with Gasteiger partial charge < -0.3 is 14.3 Å². The molecule has 3 nitrogen and oxygen atoms in total. The van der Waals surface area contributed by atoms with Gasteiger partial charge in [-0.2, -0.15) is 0 Å². The molecule has 78 valence electrons. The quantitative estimate of drug-likeness (QED) is 0.361. The molecule has 0 aromatic heterocycles. The second-order valence-corrected chi connectivity index (χ2v) is 4.56. The van der Waals surface area contributed by atoms with Crippen LogP contribution in [0.25, 0.3) is 0 Å². The van der Waals surface area contributed by atoms with E-state index in [-0.39, 0.29) is 0 Å². The highest BCUT2D eigenvalue weighted by Gasteiger charge is 2.22. The molecular weight excluding hydrogens is 166 g/mol. The first-order valence-electron chi connectivity index (χ1n) is 5.18. The number of nitrogens with zero attached hydrogens (tertiary/aromatic N) is 1. The Balaban J connectivity index is 1.95. The van der Waals surface area contributed by atoms with Crippen LogP contribution in [0.2, 0.25) is 0 Å². The third kappa shape index (κ3) is 5.24. The number of hydrogen-bond acceptors (Lipinski definition) is 2. The fraction of sp³-hybridized carbons (Fsp3) is 1.00. The normalized spacial score (nSPS) is 21.9. The van der Waals surface area contributed by atoms with E-state index in [9.17, 15) is 0 Å². The van der Waals surface area contributed by atoms with Gasteiger partial charge in [0.2, 0.25) is 0 Å². The van der Waals surface area contributed by atoms with Gasteiger partial charge in [-0.05, 0) is 19.3 Å². The van der Waals surface area contributed by atoms with E-state index in [0.717, 1.165) is 24.2 Å². The van der Waals surface area contributed by atoms with Crippen LogP contribution in [0.5, 0.6) is 0 Å². The Morgan fingerprint density at radius 2 is 2.00 bits per heavy atom. The van der Waals surface area contributed by atoms with Crippen molar-refractivity contribution in [3.8, 4) is 0 Å². The molecule has 0 spiro atoms. The zero-order chi connectivity index (χ0) is 9.73. The Labute approximate surface area is 80.9 Å². The molecule has 0 radical (unpaired) electrons. The first-order valence-corrected chi connectivity index (χ1v) is 5.18. The highest BCUT2D eigenvalue weighted by Crippen LogP contribution is 2.16. The molecule has 1 saturated heterocycles. The van der Waals surface area contributed by atoms with Crippen LogP contribution in [0.15, 0.2) is 0 Å². The topological polar surface area (TPSA) is 32.8 Å². The zero-order valence-corrected chi connectivity index (χ0v) is 8.83. The largest absolute Gasteiger partial charge is 0.391 e. The van der Waals surface area contributed by atoms with E-state index in [4.69, 9.17) is 9.84 Å². The zero-order valence-electron chi connectivity index (χ0n) is 8.83. The average molecular weight is 188 g/mol. The van der Waals surface area contributed by atoms with Crippen LogP contribution in [0, 0.1) is 0 Å². The van der Waals surface area contributed by atoms with Crippen LogP contribution in [0.1, 0.15) is 19.3 Å². The number of rotatable bonds is 7. The predicted octanol–water partition coefficient (Wildman–Crippen LogP) is 0.624. The van der Waals surface area contributed by atoms with Gasteiger partial charge in [0.15, 0.2) is 0 Å². The van der Waals surface area contributed by atoms with Crippen LogP contribution in [0.3, 0.4) is 0 Å². The SMILES string of the molecule is C[N+](C)(CCO)CCCCC1CO1. The fourth-order valence-electron chi connectivity index (χ4n) is 1.53. The van der Waals surface area contributed by atoms with Gasteiger partial charge >= 0.3 is 0 Å². The maximum atomic E-state index is 8.82. The third-order valence-corrected chi connectivity index (χ3v) is 2.65. The van der Waals surface area contributed by atoms with Crippen LogP contribution >= 0.6 is 0 Å². The molecule has 3 heteroatoms. The molecule has 1 fully saturated rings. The maximum Gasteiger partial charge on any atom is 0.102 e. The Morgan fingerprint density at radius 1 is 1.31 bits per heavy atom. The molecule has 0 aromatic carbocycles. The molecule has 0 saturated carbocycles. The predicted molar refractivity (Wildman–Crippen MR) is 52.5 cm³/mol. The van der Waals surface area contributed by atoms with E-state index in [1.165, 1.54) is 19.3 Å². The molecule has 0 amide bonds. The number of likely N-dealkylation sites (N-methyl/N-ethyl adjacent to an activating group) is 1. The Morgan fingerprint density at radius 3 is 2.54 bits per heavy atom. The molecule has 1 aliphatic rings. The summed E-state index contributed by atoms with van der Waals surface area (Å²) in [5.41, 5.74) is 0. The van der Waals surface area contributed by atoms with Crippen molar-refractivity contribution in [2.75, 3.05) is 40.4 Å². The lowest BCUT2D eigenvalue weighted by molar-refractivity contribution is -0.890. The van der Waals surface area contributed by atoms with Crippen LogP contribution in [-0.4, -0.2) is 56.1 Å². The number of ether oxygens (including phenoxy) is 1. The Kier molecular flexibility index (Phi) is 4.16. The second kappa shape index (κ2) is 4.94. The minimum absolute atomic E-state index is 0.290. The minimum atomic E-state index is 0.290. The van der Waals surface area contributed by atoms with Crippen molar-refractivity contribution in [2.45, 2.75) is 25.4 Å². The minimum Gasteiger partial charge on any atom is -0.391 e. The lowest BCUT2D eigenvalue weighted by atomic mass is 10.2. The van der Waals surface area contributed by atoms with Crippen LogP contribution < -0.4 is 0 Å². The number of aliphatic hydroxyl groups is 1. The van der Waals surface area contributed by atoms with Gasteiger partial charge in [-0.1, -0.05) is 0 Å². The number of aliphatic hydroxyl groups excluding tert-OH is 1. The lowest BCUT2D eigenvalue weighted by Gasteiger charge is -2.28. The molecule has 1 atom stereocenters. The van der Waals surface area contributed by atoms with E-state index in [1.54, 1.807) is 0 Å². The van der Waals surface area contributed by atoms with Crippen molar-refractivity contribution < 1.29 is 14.3 Å². The molecule has 0 aliphatic carbocycles. The summed E-state index contributed by atoms with van der Waals surface area (Å²) in [5, 5.41) is 8.82. The molecule has 0 aromatic rings. The molecule has 1 heterocycles. The monoisotopic (exact) mass is 188 g/mol. The van der Waals surface area contributed by atoms with Gasteiger partial charge in [0, 0.05) is 0 Å². The van der Waals surface area contributed by atoms with E-state index in [1.807, 2.05) is 0 Å². The van der Waals surface area contributed by atoms with Gasteiger partial charge in [-0.15, -0.1) is 0 Å². The van der Waals surface area contributed by atoms with Gasteiger partial charge in [-0.25, -0.2) is 0 Å². The van der Waals surface area contributed by atoms with E-state index >= 15 is 0 Å². The summed E-state index contributed by atoms with van der Waals surface area (Å²) in [5.74, 6) is 0. The average Bonchev–Trinajstić information content (AvgIpc) is 2.81. The summed E-state index contributed by atoms with van der Waals surface area (Å²) >= 11 is 0. The molecule has 1 aliphatic heterocycles. The van der Waals surface area contributed by atoms with Gasteiger partial charge in [0.25, 0.3) is 0 Å². The van der Waals surface area contributed by atoms with Gasteiger partial charge in [0.1, 0.15) is 6.54 Å². The van der Waals surface area contributed by atoms with Crippen molar-refractivity contribution in [1.82, 2.24) is 0 Å². The van der Waals surface area contributed by atoms with Crippen molar-refractivity contribution in [1.29, 1.82) is 0 Å². The maximum absolute atomic E-state index is 8.82. The lowest BCUT2D eigenvalue weighted by Crippen LogP contribution is -2.42. The van der Waals surface area contributed by atoms with E-state index in [0.29, 0.717) is 12.7 Å². The van der Waals surface area contributed by atoms with Crippen molar-refractivity contribution in [2.24, 2.45) is 0 Å². The number of unbranched alkanes of at least 4 members (excludes halogenated alkanes) is 1. The van der Waals surface area contributed by atoms with Crippen molar-refractivity contribution in [3.63, 3.8) is 0 Å². The first kappa shape index (κ1) is 11.0. The molecule has 1 unspecified atom stereocenters. The smallest absolute Gasteiger partial charge is 0.102 e. The molecular formula is C10H22NO2+. The summed E-state index contributed by atoms with van der Waals surface area (Å²) in [6.45, 7) is 3.29. The van der Waals surface area contributed by atoms with E-state index < -0.39 is 0 Å². The molecule has 1 N–H and O–H groups in total. The first-order chi connectivity index (χ1) is 6.14. The summed E-state index contributed by atoms with van der Waals surface area (Å²) in [4.78, 5) is 0.